The highest BCUT2D eigenvalue weighted by atomic mass is 35.5. The Labute approximate surface area is 148 Å². The van der Waals surface area contributed by atoms with Crippen LogP contribution in [0.2, 0.25) is 5.02 Å². The zero-order chi connectivity index (χ0) is 17.9. The third-order valence-corrected chi connectivity index (χ3v) is 5.09. The SMILES string of the molecule is Cc1ccc(N2C[C@H](C)Cn3c2nc2c3c(=O)[nH]c(=O)n2C)cc1Cl. The van der Waals surface area contributed by atoms with Crippen molar-refractivity contribution >= 4 is 34.4 Å². The molecule has 0 saturated heterocycles. The maximum atomic E-state index is 12.4. The van der Waals surface area contributed by atoms with Gasteiger partial charge in [-0.15, -0.1) is 0 Å². The van der Waals surface area contributed by atoms with Crippen molar-refractivity contribution in [1.29, 1.82) is 0 Å². The number of aromatic amines is 1. The van der Waals surface area contributed by atoms with Gasteiger partial charge in [-0.3, -0.25) is 14.3 Å². The van der Waals surface area contributed by atoms with E-state index >= 15 is 0 Å². The molecule has 1 aliphatic rings. The standard InChI is InChI=1S/C17H18ClN5O2/c1-9-7-22(11-5-4-10(2)12(18)6-11)16-19-14-13(23(16)8-9)15(24)20-17(25)21(14)3/h4-6,9H,7-8H2,1-3H3,(H,20,24,25)/t9-/m0/s1. The number of hydrogen-bond acceptors (Lipinski definition) is 4. The van der Waals surface area contributed by atoms with Crippen LogP contribution in [0.25, 0.3) is 11.2 Å². The molecule has 0 aliphatic carbocycles. The molecule has 1 atom stereocenters. The Morgan fingerprint density at radius 1 is 1.28 bits per heavy atom. The number of hydrogen-bond donors (Lipinski definition) is 1. The lowest BCUT2D eigenvalue weighted by Gasteiger charge is -2.33. The van der Waals surface area contributed by atoms with E-state index in [4.69, 9.17) is 11.6 Å². The molecular weight excluding hydrogens is 342 g/mol. The van der Waals surface area contributed by atoms with Gasteiger partial charge in [0.15, 0.2) is 11.2 Å². The van der Waals surface area contributed by atoms with Crippen LogP contribution in [0.1, 0.15) is 12.5 Å². The van der Waals surface area contributed by atoms with Crippen LogP contribution in [0.3, 0.4) is 0 Å². The fourth-order valence-electron chi connectivity index (χ4n) is 3.34. The first kappa shape index (κ1) is 16.0. The Kier molecular flexibility index (Phi) is 3.50. The second-order valence-electron chi connectivity index (χ2n) is 6.66. The largest absolute Gasteiger partial charge is 0.329 e. The molecule has 0 fully saturated rings. The van der Waals surface area contributed by atoms with Gasteiger partial charge in [0.1, 0.15) is 0 Å². The maximum Gasteiger partial charge on any atom is 0.329 e. The molecule has 3 heterocycles. The van der Waals surface area contributed by atoms with E-state index < -0.39 is 11.2 Å². The first-order chi connectivity index (χ1) is 11.9. The van der Waals surface area contributed by atoms with E-state index in [-0.39, 0.29) is 0 Å². The zero-order valence-electron chi connectivity index (χ0n) is 14.2. The summed E-state index contributed by atoms with van der Waals surface area (Å²) < 4.78 is 3.25. The molecule has 1 aromatic carbocycles. The zero-order valence-corrected chi connectivity index (χ0v) is 15.0. The van der Waals surface area contributed by atoms with Gasteiger partial charge in [0.05, 0.1) is 0 Å². The van der Waals surface area contributed by atoms with Crippen LogP contribution in [0, 0.1) is 12.8 Å². The van der Waals surface area contributed by atoms with E-state index in [9.17, 15) is 9.59 Å². The minimum atomic E-state index is -0.467. The van der Waals surface area contributed by atoms with Crippen LogP contribution in [-0.2, 0) is 13.6 Å². The Morgan fingerprint density at radius 2 is 2.04 bits per heavy atom. The van der Waals surface area contributed by atoms with E-state index in [1.807, 2.05) is 34.6 Å². The Bertz CT molecular complexity index is 1110. The molecule has 1 aliphatic heterocycles. The number of anilines is 2. The Hall–Kier alpha value is -2.54. The lowest BCUT2D eigenvalue weighted by Crippen LogP contribution is -2.35. The second-order valence-corrected chi connectivity index (χ2v) is 7.07. The fourth-order valence-corrected chi connectivity index (χ4v) is 3.51. The van der Waals surface area contributed by atoms with E-state index in [0.29, 0.717) is 34.6 Å². The first-order valence-electron chi connectivity index (χ1n) is 8.10. The van der Waals surface area contributed by atoms with Gasteiger partial charge in [-0.2, -0.15) is 4.98 Å². The average molecular weight is 360 g/mol. The van der Waals surface area contributed by atoms with E-state index in [1.165, 1.54) is 4.57 Å². The number of halogens is 1. The highest BCUT2D eigenvalue weighted by Gasteiger charge is 2.29. The number of imidazole rings is 1. The quantitative estimate of drug-likeness (QED) is 0.722. The number of benzene rings is 1. The summed E-state index contributed by atoms with van der Waals surface area (Å²) in [5.74, 6) is 0.960. The molecule has 7 nitrogen and oxygen atoms in total. The number of nitrogens with zero attached hydrogens (tertiary/aromatic N) is 4. The smallest absolute Gasteiger partial charge is 0.312 e. The number of aromatic nitrogens is 4. The predicted octanol–water partition coefficient (Wildman–Crippen LogP) is 2.17. The maximum absolute atomic E-state index is 12.4. The summed E-state index contributed by atoms with van der Waals surface area (Å²) in [5, 5.41) is 0.684. The van der Waals surface area contributed by atoms with Crippen molar-refractivity contribution in [2.75, 3.05) is 11.4 Å². The van der Waals surface area contributed by atoms with Gasteiger partial charge in [-0.05, 0) is 30.5 Å². The monoisotopic (exact) mass is 359 g/mol. The molecule has 0 amide bonds. The first-order valence-corrected chi connectivity index (χ1v) is 8.48. The second kappa shape index (κ2) is 5.49. The van der Waals surface area contributed by atoms with Gasteiger partial charge < -0.3 is 9.47 Å². The number of H-pyrrole nitrogens is 1. The summed E-state index contributed by atoms with van der Waals surface area (Å²) in [4.78, 5) is 33.3. The van der Waals surface area contributed by atoms with E-state index in [0.717, 1.165) is 17.8 Å². The van der Waals surface area contributed by atoms with Gasteiger partial charge in [0.2, 0.25) is 5.95 Å². The molecule has 3 aromatic rings. The van der Waals surface area contributed by atoms with Crippen molar-refractivity contribution in [2.45, 2.75) is 20.4 Å². The summed E-state index contributed by atoms with van der Waals surface area (Å²) >= 11 is 6.29. The van der Waals surface area contributed by atoms with Crippen molar-refractivity contribution < 1.29 is 0 Å². The minimum absolute atomic E-state index is 0.307. The predicted molar refractivity (Wildman–Crippen MR) is 98.0 cm³/mol. The van der Waals surface area contributed by atoms with Crippen molar-refractivity contribution in [3.8, 4) is 0 Å². The van der Waals surface area contributed by atoms with Crippen molar-refractivity contribution in [2.24, 2.45) is 13.0 Å². The Balaban J connectivity index is 2.00. The normalized spacial score (nSPS) is 17.1. The molecule has 0 unspecified atom stereocenters. The molecule has 25 heavy (non-hydrogen) atoms. The summed E-state index contributed by atoms with van der Waals surface area (Å²) in [6, 6.07) is 5.86. The molecular formula is C17H18ClN5O2. The number of rotatable bonds is 1. The van der Waals surface area contributed by atoms with Crippen molar-refractivity contribution in [3.63, 3.8) is 0 Å². The van der Waals surface area contributed by atoms with Gasteiger partial charge in [0, 0.05) is 30.8 Å². The summed E-state index contributed by atoms with van der Waals surface area (Å²) in [6.45, 7) is 5.50. The number of fused-ring (bicyclic) bond motifs is 3. The van der Waals surface area contributed by atoms with Crippen LogP contribution in [-0.4, -0.2) is 25.6 Å². The van der Waals surface area contributed by atoms with Crippen LogP contribution in [0.5, 0.6) is 0 Å². The van der Waals surface area contributed by atoms with Gasteiger partial charge in [-0.25, -0.2) is 4.79 Å². The van der Waals surface area contributed by atoms with Crippen LogP contribution in [0.4, 0.5) is 11.6 Å². The highest BCUT2D eigenvalue weighted by Crippen LogP contribution is 2.34. The average Bonchev–Trinajstić information content (AvgIpc) is 2.94. The van der Waals surface area contributed by atoms with Gasteiger partial charge in [0.25, 0.3) is 5.56 Å². The molecule has 2 aromatic heterocycles. The van der Waals surface area contributed by atoms with Gasteiger partial charge >= 0.3 is 5.69 Å². The number of nitrogens with one attached hydrogen (secondary N) is 1. The van der Waals surface area contributed by atoms with E-state index in [2.05, 4.69) is 16.9 Å². The summed E-state index contributed by atoms with van der Waals surface area (Å²) in [6.07, 6.45) is 0. The lowest BCUT2D eigenvalue weighted by molar-refractivity contribution is 0.458. The molecule has 130 valence electrons. The van der Waals surface area contributed by atoms with Crippen LogP contribution in [0.15, 0.2) is 27.8 Å². The lowest BCUT2D eigenvalue weighted by atomic mass is 10.1. The van der Waals surface area contributed by atoms with E-state index in [1.54, 1.807) is 7.05 Å². The molecule has 4 rings (SSSR count). The number of aryl methyl sites for hydroxylation is 2. The summed E-state index contributed by atoms with van der Waals surface area (Å²) in [7, 11) is 1.61. The van der Waals surface area contributed by atoms with Crippen molar-refractivity contribution in [1.82, 2.24) is 19.1 Å². The molecule has 0 radical (unpaired) electrons. The van der Waals surface area contributed by atoms with Crippen LogP contribution < -0.4 is 16.1 Å². The highest BCUT2D eigenvalue weighted by molar-refractivity contribution is 6.31. The molecule has 1 N–H and O–H groups in total. The topological polar surface area (TPSA) is 75.9 Å². The molecule has 0 spiro atoms. The minimum Gasteiger partial charge on any atom is -0.312 e. The van der Waals surface area contributed by atoms with Crippen LogP contribution >= 0.6 is 11.6 Å². The summed E-state index contributed by atoms with van der Waals surface area (Å²) in [5.41, 5.74) is 1.86. The third kappa shape index (κ3) is 2.38. The van der Waals surface area contributed by atoms with Crippen molar-refractivity contribution in [3.05, 3.63) is 49.6 Å². The Morgan fingerprint density at radius 3 is 2.76 bits per heavy atom. The fraction of sp³-hybridized carbons (Fsp3) is 0.353. The molecule has 0 bridgehead atoms. The third-order valence-electron chi connectivity index (χ3n) is 4.68. The molecule has 0 saturated carbocycles. The van der Waals surface area contributed by atoms with Gasteiger partial charge in [-0.1, -0.05) is 24.6 Å². The molecule has 8 heteroatoms.